The quantitative estimate of drug-likeness (QED) is 0.167. The van der Waals surface area contributed by atoms with Crippen LogP contribution in [0.25, 0.3) is 75.5 Å². The average molecular weight is 730 g/mol. The molecule has 1 aromatic heterocycles. The molecular weight excluding hydrogens is 697 g/mol. The molecule has 2 aliphatic rings. The minimum absolute atomic E-state index is 0.298. The van der Waals surface area contributed by atoms with Crippen LogP contribution in [0.1, 0.15) is 0 Å². The van der Waals surface area contributed by atoms with Crippen LogP contribution < -0.4 is 20.5 Å². The minimum Gasteiger partial charge on any atom is -0.551 e. The number of fused-ring (bicyclic) bond motifs is 10. The zero-order valence-electron chi connectivity index (χ0n) is 30.3. The van der Waals surface area contributed by atoms with Gasteiger partial charge in [0.25, 0.3) is 0 Å². The Bertz CT molecular complexity index is 3120. The molecule has 2 aliphatic heterocycles. The lowest BCUT2D eigenvalue weighted by atomic mass is 9.48. The standard InChI is InChI=1S/C52H32BNOS/c1-4-14-33(15-5-1)37-25-27-47-44(31-37)49-51-46(32-43-42-22-12-13-23-48(42)56-52(43)49)54(45-26-24-36-20-10-11-21-41(36)50(45)53(51)55-47)40-29-38(34-16-6-2-7-17-34)28-39(30-40)35-18-8-3-9-19-35/h1-32H. The summed E-state index contributed by atoms with van der Waals surface area (Å²) in [5, 5.41) is 4.96. The second-order valence-corrected chi connectivity index (χ2v) is 15.8. The van der Waals surface area contributed by atoms with Crippen molar-refractivity contribution in [1.82, 2.24) is 0 Å². The molecular formula is C52H32BNOS. The molecule has 0 bridgehead atoms. The molecule has 10 aromatic rings. The molecule has 0 unspecified atom stereocenters. The maximum atomic E-state index is 7.34. The van der Waals surface area contributed by atoms with Gasteiger partial charge in [0.15, 0.2) is 0 Å². The SMILES string of the molecule is c1ccc(-c2cc(-c3ccccc3)cc(N3c4cc5c(sc6ccccc65)c5c4B(Oc4ccc(-c6ccccc6)cc4-5)c4c3ccc3ccccc43)c2)cc1. The highest BCUT2D eigenvalue weighted by molar-refractivity contribution is 7.26. The Morgan fingerprint density at radius 3 is 1.77 bits per heavy atom. The number of rotatable bonds is 4. The van der Waals surface area contributed by atoms with Crippen molar-refractivity contribution in [3.05, 3.63) is 194 Å². The zero-order valence-corrected chi connectivity index (χ0v) is 31.1. The van der Waals surface area contributed by atoms with E-state index in [2.05, 4.69) is 199 Å². The van der Waals surface area contributed by atoms with E-state index in [1.807, 2.05) is 11.3 Å². The molecule has 260 valence electrons. The Balaban J connectivity index is 1.22. The van der Waals surface area contributed by atoms with Crippen LogP contribution in [0.2, 0.25) is 0 Å². The first-order valence-corrected chi connectivity index (χ1v) is 20.0. The highest BCUT2D eigenvalue weighted by atomic mass is 32.1. The van der Waals surface area contributed by atoms with E-state index < -0.39 is 0 Å². The van der Waals surface area contributed by atoms with Gasteiger partial charge in [-0.15, -0.1) is 11.3 Å². The molecule has 4 heteroatoms. The Labute approximate surface area is 329 Å². The van der Waals surface area contributed by atoms with Crippen LogP contribution in [-0.4, -0.2) is 6.92 Å². The van der Waals surface area contributed by atoms with Crippen LogP contribution >= 0.6 is 11.3 Å². The van der Waals surface area contributed by atoms with Crippen molar-refractivity contribution >= 4 is 77.2 Å². The fraction of sp³-hybridized carbons (Fsp3) is 0. The molecule has 0 saturated carbocycles. The summed E-state index contributed by atoms with van der Waals surface area (Å²) in [6, 6.07) is 70.7. The molecule has 2 nitrogen and oxygen atoms in total. The topological polar surface area (TPSA) is 12.5 Å². The lowest BCUT2D eigenvalue weighted by Gasteiger charge is -2.40. The fourth-order valence-electron chi connectivity index (χ4n) is 9.10. The van der Waals surface area contributed by atoms with Gasteiger partial charge in [0.1, 0.15) is 5.75 Å². The molecule has 56 heavy (non-hydrogen) atoms. The Morgan fingerprint density at radius 1 is 0.429 bits per heavy atom. The number of benzene rings is 9. The summed E-state index contributed by atoms with van der Waals surface area (Å²) in [5.74, 6) is 0.919. The summed E-state index contributed by atoms with van der Waals surface area (Å²) >= 11 is 1.89. The summed E-state index contributed by atoms with van der Waals surface area (Å²) < 4.78 is 9.93. The van der Waals surface area contributed by atoms with Gasteiger partial charge < -0.3 is 9.55 Å². The van der Waals surface area contributed by atoms with E-state index in [-0.39, 0.29) is 6.92 Å². The van der Waals surface area contributed by atoms with Crippen molar-refractivity contribution in [1.29, 1.82) is 0 Å². The number of hydrogen-bond acceptors (Lipinski definition) is 3. The largest absolute Gasteiger partial charge is 0.551 e. The second-order valence-electron chi connectivity index (χ2n) is 14.8. The highest BCUT2D eigenvalue weighted by Crippen LogP contribution is 2.51. The van der Waals surface area contributed by atoms with E-state index in [9.17, 15) is 0 Å². The van der Waals surface area contributed by atoms with Crippen molar-refractivity contribution in [3.63, 3.8) is 0 Å². The van der Waals surface area contributed by atoms with Crippen molar-refractivity contribution in [3.8, 4) is 50.3 Å². The Kier molecular flexibility index (Phi) is 6.93. The molecule has 0 spiro atoms. The predicted octanol–water partition coefficient (Wildman–Crippen LogP) is 13.2. The average Bonchev–Trinajstić information content (AvgIpc) is 3.65. The molecule has 0 amide bonds. The van der Waals surface area contributed by atoms with Crippen molar-refractivity contribution < 1.29 is 4.65 Å². The maximum absolute atomic E-state index is 7.34. The minimum atomic E-state index is -0.298. The number of anilines is 3. The van der Waals surface area contributed by atoms with Gasteiger partial charge in [-0.2, -0.15) is 0 Å². The van der Waals surface area contributed by atoms with Gasteiger partial charge in [-0.25, -0.2) is 0 Å². The molecule has 0 fully saturated rings. The third-order valence-electron chi connectivity index (χ3n) is 11.6. The third-order valence-corrected chi connectivity index (χ3v) is 12.8. The van der Waals surface area contributed by atoms with Crippen LogP contribution in [0.15, 0.2) is 194 Å². The molecule has 0 N–H and O–H groups in total. The normalized spacial score (nSPS) is 12.7. The smallest absolute Gasteiger partial charge is 0.432 e. The van der Waals surface area contributed by atoms with Crippen molar-refractivity contribution in [2.45, 2.75) is 0 Å². The number of nitrogens with zero attached hydrogens (tertiary/aromatic N) is 1. The molecule has 12 rings (SSSR count). The first-order valence-electron chi connectivity index (χ1n) is 19.2. The van der Waals surface area contributed by atoms with Gasteiger partial charge in [0, 0.05) is 59.3 Å². The van der Waals surface area contributed by atoms with Crippen LogP contribution in [0.5, 0.6) is 5.75 Å². The molecule has 0 atom stereocenters. The van der Waals surface area contributed by atoms with Crippen LogP contribution in [0.3, 0.4) is 0 Å². The van der Waals surface area contributed by atoms with Crippen molar-refractivity contribution in [2.75, 3.05) is 4.90 Å². The van der Waals surface area contributed by atoms with E-state index in [0.717, 1.165) is 28.4 Å². The molecule has 0 saturated heterocycles. The number of thiophene rings is 1. The number of hydrogen-bond donors (Lipinski definition) is 0. The third kappa shape index (κ3) is 4.76. The summed E-state index contributed by atoms with van der Waals surface area (Å²) in [5.41, 5.74) is 15.3. The molecule has 3 heterocycles. The summed E-state index contributed by atoms with van der Waals surface area (Å²) in [7, 11) is 0. The van der Waals surface area contributed by atoms with Gasteiger partial charge in [0.05, 0.1) is 0 Å². The van der Waals surface area contributed by atoms with Gasteiger partial charge >= 0.3 is 6.92 Å². The first kappa shape index (κ1) is 31.5. The molecule has 0 aliphatic carbocycles. The summed E-state index contributed by atoms with van der Waals surface area (Å²) in [6.07, 6.45) is 0. The van der Waals surface area contributed by atoms with E-state index in [1.54, 1.807) is 0 Å². The second kappa shape index (κ2) is 12.3. The van der Waals surface area contributed by atoms with Crippen LogP contribution in [0, 0.1) is 0 Å². The highest BCUT2D eigenvalue weighted by Gasteiger charge is 2.45. The van der Waals surface area contributed by atoms with E-state index in [0.29, 0.717) is 0 Å². The lowest BCUT2D eigenvalue weighted by Crippen LogP contribution is -2.56. The van der Waals surface area contributed by atoms with Gasteiger partial charge in [-0.05, 0) is 92.7 Å². The van der Waals surface area contributed by atoms with Crippen molar-refractivity contribution in [2.24, 2.45) is 0 Å². The lowest BCUT2D eigenvalue weighted by molar-refractivity contribution is 0.590. The van der Waals surface area contributed by atoms with Gasteiger partial charge in [-0.3, -0.25) is 0 Å². The summed E-state index contributed by atoms with van der Waals surface area (Å²) in [6.45, 7) is -0.298. The van der Waals surface area contributed by atoms with E-state index in [1.165, 1.54) is 80.8 Å². The molecule has 9 aromatic carbocycles. The predicted molar refractivity (Wildman–Crippen MR) is 239 cm³/mol. The first-order chi connectivity index (χ1) is 27.8. The van der Waals surface area contributed by atoms with Crippen LogP contribution in [-0.2, 0) is 0 Å². The Hall–Kier alpha value is -6.88. The zero-order chi connectivity index (χ0) is 36.7. The van der Waals surface area contributed by atoms with Gasteiger partial charge in [-0.1, -0.05) is 146 Å². The van der Waals surface area contributed by atoms with Gasteiger partial charge in [0.2, 0.25) is 0 Å². The maximum Gasteiger partial charge on any atom is 0.432 e. The molecule has 0 radical (unpaired) electrons. The Morgan fingerprint density at radius 2 is 1.05 bits per heavy atom. The summed E-state index contributed by atoms with van der Waals surface area (Å²) in [4.78, 5) is 2.53. The fourth-order valence-corrected chi connectivity index (χ4v) is 10.4. The van der Waals surface area contributed by atoms with E-state index >= 15 is 0 Å². The monoisotopic (exact) mass is 729 g/mol. The van der Waals surface area contributed by atoms with E-state index in [4.69, 9.17) is 4.65 Å². The van der Waals surface area contributed by atoms with Crippen LogP contribution in [0.4, 0.5) is 17.1 Å².